The minimum Gasteiger partial charge on any atom is -0.409 e. The molecule has 0 fully saturated rings. The van der Waals surface area contributed by atoms with Crippen molar-refractivity contribution in [1.29, 1.82) is 0 Å². The molecule has 0 heterocycles. The van der Waals surface area contributed by atoms with Crippen molar-refractivity contribution in [1.82, 2.24) is 0 Å². The Hall–Kier alpha value is -2.08. The molecule has 0 aromatic heterocycles. The highest BCUT2D eigenvalue weighted by Gasteiger charge is 2.15. The Morgan fingerprint density at radius 2 is 2.11 bits per heavy atom. The molecular weight excluding hydrogens is 234 g/mol. The third-order valence-electron chi connectivity index (χ3n) is 2.36. The maximum atomic E-state index is 11.9. The fourth-order valence-corrected chi connectivity index (χ4v) is 1.48. The fraction of sp³-hybridized carbons (Fsp3) is 0.333. The topological polar surface area (TPSA) is 88.2 Å². The summed E-state index contributed by atoms with van der Waals surface area (Å²) in [7, 11) is 1.46. The van der Waals surface area contributed by atoms with Crippen LogP contribution in [0.1, 0.15) is 6.42 Å². The molecule has 0 spiro atoms. The van der Waals surface area contributed by atoms with Crippen molar-refractivity contribution in [2.75, 3.05) is 25.2 Å². The highest BCUT2D eigenvalue weighted by Crippen LogP contribution is 2.14. The molecule has 0 aliphatic heterocycles. The zero-order valence-corrected chi connectivity index (χ0v) is 10.2. The third-order valence-corrected chi connectivity index (χ3v) is 2.36. The molecule has 0 unspecified atom stereocenters. The van der Waals surface area contributed by atoms with Gasteiger partial charge in [-0.2, -0.15) is 0 Å². The summed E-state index contributed by atoms with van der Waals surface area (Å²) in [5.74, 6) is -0.0874. The molecule has 98 valence electrons. The number of carbonyl (C=O) groups excluding carboxylic acids is 1. The summed E-state index contributed by atoms with van der Waals surface area (Å²) in [5.41, 5.74) is 6.16. The lowest BCUT2D eigenvalue weighted by atomic mass is 10.2. The monoisotopic (exact) mass is 251 g/mol. The fourth-order valence-electron chi connectivity index (χ4n) is 1.48. The summed E-state index contributed by atoms with van der Waals surface area (Å²) in [6.07, 6.45) is 0.293. The number of carbonyl (C=O) groups is 1. The van der Waals surface area contributed by atoms with Crippen molar-refractivity contribution in [3.05, 3.63) is 30.3 Å². The third kappa shape index (κ3) is 4.06. The Morgan fingerprint density at radius 1 is 1.44 bits per heavy atom. The van der Waals surface area contributed by atoms with Crippen molar-refractivity contribution in [2.45, 2.75) is 6.42 Å². The van der Waals surface area contributed by atoms with E-state index in [1.165, 1.54) is 7.11 Å². The molecule has 0 atom stereocenters. The number of amidine groups is 1. The van der Waals surface area contributed by atoms with E-state index in [1.807, 2.05) is 30.3 Å². The van der Waals surface area contributed by atoms with Crippen LogP contribution < -0.4 is 10.6 Å². The molecule has 1 amide bonds. The quantitative estimate of drug-likeness (QED) is 0.339. The van der Waals surface area contributed by atoms with E-state index in [0.717, 1.165) is 5.69 Å². The van der Waals surface area contributed by atoms with E-state index in [9.17, 15) is 4.79 Å². The number of amides is 1. The Bertz CT molecular complexity index is 406. The number of nitrogens with zero attached hydrogens (tertiary/aromatic N) is 2. The van der Waals surface area contributed by atoms with Crippen LogP contribution in [-0.2, 0) is 9.53 Å². The molecular formula is C12H17N3O3. The van der Waals surface area contributed by atoms with Crippen molar-refractivity contribution in [3.8, 4) is 0 Å². The van der Waals surface area contributed by atoms with Gasteiger partial charge in [-0.25, -0.2) is 0 Å². The smallest absolute Gasteiger partial charge is 0.252 e. The van der Waals surface area contributed by atoms with Gasteiger partial charge in [-0.3, -0.25) is 4.79 Å². The first kappa shape index (κ1) is 14.0. The number of para-hydroxylation sites is 1. The largest absolute Gasteiger partial charge is 0.409 e. The van der Waals surface area contributed by atoms with Gasteiger partial charge in [0.15, 0.2) is 0 Å². The molecule has 1 rings (SSSR count). The highest BCUT2D eigenvalue weighted by atomic mass is 16.5. The van der Waals surface area contributed by atoms with E-state index in [0.29, 0.717) is 13.0 Å². The van der Waals surface area contributed by atoms with Crippen LogP contribution in [0.2, 0.25) is 0 Å². The van der Waals surface area contributed by atoms with Gasteiger partial charge in [0.05, 0.1) is 0 Å². The number of methoxy groups -OCH3 is 1. The maximum Gasteiger partial charge on any atom is 0.252 e. The molecule has 3 N–H and O–H groups in total. The van der Waals surface area contributed by atoms with Crippen molar-refractivity contribution >= 4 is 17.4 Å². The summed E-state index contributed by atoms with van der Waals surface area (Å²) >= 11 is 0. The van der Waals surface area contributed by atoms with Crippen LogP contribution in [0, 0.1) is 0 Å². The molecule has 6 heteroatoms. The second-order valence-corrected chi connectivity index (χ2v) is 3.66. The number of benzene rings is 1. The minimum absolute atomic E-state index is 0.00886. The summed E-state index contributed by atoms with van der Waals surface area (Å²) in [6, 6.07) is 9.18. The van der Waals surface area contributed by atoms with E-state index in [4.69, 9.17) is 15.7 Å². The van der Waals surface area contributed by atoms with Crippen molar-refractivity contribution in [3.63, 3.8) is 0 Å². The molecule has 0 saturated carbocycles. The first-order chi connectivity index (χ1) is 8.69. The molecule has 0 saturated heterocycles. The Kier molecular flexibility index (Phi) is 5.66. The standard InChI is InChI=1S/C12H17N3O3/c1-18-9-12(16)15(8-7-11(13)14-17)10-5-3-2-4-6-10/h2-6,17H,7-9H2,1H3,(H2,13,14). The average molecular weight is 251 g/mol. The first-order valence-electron chi connectivity index (χ1n) is 5.49. The number of ether oxygens (including phenoxy) is 1. The predicted octanol–water partition coefficient (Wildman–Crippen LogP) is 0.803. The second kappa shape index (κ2) is 7.29. The number of hydrogen-bond donors (Lipinski definition) is 2. The van der Waals surface area contributed by atoms with Crippen LogP contribution >= 0.6 is 0 Å². The Morgan fingerprint density at radius 3 is 2.67 bits per heavy atom. The molecule has 6 nitrogen and oxygen atoms in total. The first-order valence-corrected chi connectivity index (χ1v) is 5.49. The molecule has 18 heavy (non-hydrogen) atoms. The summed E-state index contributed by atoms with van der Waals surface area (Å²) in [5, 5.41) is 11.4. The van der Waals surface area contributed by atoms with Crippen molar-refractivity contribution < 1.29 is 14.7 Å². The lowest BCUT2D eigenvalue weighted by Crippen LogP contribution is -2.36. The highest BCUT2D eigenvalue weighted by molar-refractivity contribution is 5.95. The normalized spacial score (nSPS) is 11.3. The zero-order chi connectivity index (χ0) is 13.4. The maximum absolute atomic E-state index is 11.9. The van der Waals surface area contributed by atoms with Gasteiger partial charge in [-0.05, 0) is 12.1 Å². The summed E-state index contributed by atoms with van der Waals surface area (Å²) in [4.78, 5) is 13.4. The van der Waals surface area contributed by atoms with E-state index in [-0.39, 0.29) is 18.3 Å². The van der Waals surface area contributed by atoms with Gasteiger partial charge < -0.3 is 20.6 Å². The molecule has 0 radical (unpaired) electrons. The van der Waals surface area contributed by atoms with E-state index in [1.54, 1.807) is 4.90 Å². The average Bonchev–Trinajstić information content (AvgIpc) is 2.40. The minimum atomic E-state index is -0.172. The van der Waals surface area contributed by atoms with E-state index < -0.39 is 0 Å². The molecule has 0 aliphatic carbocycles. The Balaban J connectivity index is 2.79. The Labute approximate surface area is 106 Å². The number of oxime groups is 1. The van der Waals surface area contributed by atoms with Gasteiger partial charge in [0, 0.05) is 25.8 Å². The lowest BCUT2D eigenvalue weighted by molar-refractivity contribution is -0.122. The van der Waals surface area contributed by atoms with E-state index in [2.05, 4.69) is 5.16 Å². The van der Waals surface area contributed by atoms with Gasteiger partial charge in [0.2, 0.25) is 0 Å². The number of anilines is 1. The van der Waals surface area contributed by atoms with Gasteiger partial charge in [-0.15, -0.1) is 0 Å². The second-order valence-electron chi connectivity index (χ2n) is 3.66. The number of hydrogen-bond acceptors (Lipinski definition) is 4. The molecule has 0 bridgehead atoms. The van der Waals surface area contributed by atoms with Gasteiger partial charge in [-0.1, -0.05) is 23.4 Å². The van der Waals surface area contributed by atoms with Crippen LogP contribution in [0.25, 0.3) is 0 Å². The summed E-state index contributed by atoms with van der Waals surface area (Å²) in [6.45, 7) is 0.327. The number of rotatable bonds is 6. The van der Waals surface area contributed by atoms with E-state index >= 15 is 0 Å². The molecule has 0 aliphatic rings. The van der Waals surface area contributed by atoms with Gasteiger partial charge in [0.1, 0.15) is 12.4 Å². The van der Waals surface area contributed by atoms with Gasteiger partial charge in [0.25, 0.3) is 5.91 Å². The van der Waals surface area contributed by atoms with Crippen LogP contribution in [0.5, 0.6) is 0 Å². The summed E-state index contributed by atoms with van der Waals surface area (Å²) < 4.78 is 4.84. The number of nitrogens with two attached hydrogens (primary N) is 1. The SMILES string of the molecule is COCC(=O)N(CCC(N)=NO)c1ccccc1. The lowest BCUT2D eigenvalue weighted by Gasteiger charge is -2.22. The van der Waals surface area contributed by atoms with Crippen LogP contribution in [0.4, 0.5) is 5.69 Å². The van der Waals surface area contributed by atoms with Crippen LogP contribution in [0.3, 0.4) is 0 Å². The molecule has 1 aromatic rings. The van der Waals surface area contributed by atoms with Crippen molar-refractivity contribution in [2.24, 2.45) is 10.9 Å². The predicted molar refractivity (Wildman–Crippen MR) is 68.7 cm³/mol. The van der Waals surface area contributed by atoms with Crippen LogP contribution in [0.15, 0.2) is 35.5 Å². The van der Waals surface area contributed by atoms with Gasteiger partial charge >= 0.3 is 0 Å². The zero-order valence-electron chi connectivity index (χ0n) is 10.2. The molecule has 1 aromatic carbocycles. The van der Waals surface area contributed by atoms with Crippen LogP contribution in [-0.4, -0.2) is 37.2 Å².